The normalized spacial score (nSPS) is 26.1. The van der Waals surface area contributed by atoms with Gasteiger partial charge in [0.15, 0.2) is 0 Å². The molecule has 88 valence electrons. The Bertz CT molecular complexity index is 306. The molecule has 1 aromatic carbocycles. The Balaban J connectivity index is 1.81. The van der Waals surface area contributed by atoms with Crippen LogP contribution in [0.25, 0.3) is 0 Å². The minimum absolute atomic E-state index is 0.208. The predicted octanol–water partition coefficient (Wildman–Crippen LogP) is 1.98. The molecule has 1 fully saturated rings. The van der Waals surface area contributed by atoms with Crippen molar-refractivity contribution in [1.29, 1.82) is 0 Å². The molecule has 0 radical (unpaired) electrons. The lowest BCUT2D eigenvalue weighted by Crippen LogP contribution is -2.47. The molecule has 1 aliphatic carbocycles. The largest absolute Gasteiger partial charge is 0.395 e. The Morgan fingerprint density at radius 1 is 1.31 bits per heavy atom. The van der Waals surface area contributed by atoms with Gasteiger partial charge in [0, 0.05) is 12.1 Å². The van der Waals surface area contributed by atoms with E-state index in [0.29, 0.717) is 6.04 Å². The van der Waals surface area contributed by atoms with Crippen LogP contribution in [-0.2, 0) is 6.42 Å². The van der Waals surface area contributed by atoms with Gasteiger partial charge < -0.3 is 10.4 Å². The predicted molar refractivity (Wildman–Crippen MR) is 66.3 cm³/mol. The maximum atomic E-state index is 9.36. The summed E-state index contributed by atoms with van der Waals surface area (Å²) in [5, 5.41) is 12.9. The van der Waals surface area contributed by atoms with E-state index in [9.17, 15) is 5.11 Å². The summed E-state index contributed by atoms with van der Waals surface area (Å²) in [6.07, 6.45) is 3.43. The van der Waals surface area contributed by atoms with Gasteiger partial charge in [0.05, 0.1) is 6.61 Å². The van der Waals surface area contributed by atoms with Gasteiger partial charge in [-0.15, -0.1) is 0 Å². The quantitative estimate of drug-likeness (QED) is 0.793. The molecule has 1 saturated carbocycles. The molecular formula is C14H21NO. The first-order chi connectivity index (χ1) is 7.78. The molecular weight excluding hydrogens is 198 g/mol. The van der Waals surface area contributed by atoms with Gasteiger partial charge in [0.1, 0.15) is 0 Å². The second kappa shape index (κ2) is 5.46. The van der Waals surface area contributed by atoms with Crippen LogP contribution < -0.4 is 5.32 Å². The highest BCUT2D eigenvalue weighted by Crippen LogP contribution is 2.26. The lowest BCUT2D eigenvalue weighted by Gasteiger charge is -2.36. The van der Waals surface area contributed by atoms with Gasteiger partial charge >= 0.3 is 0 Å². The fraction of sp³-hybridized carbons (Fsp3) is 0.571. The Hall–Kier alpha value is -0.860. The van der Waals surface area contributed by atoms with Crippen LogP contribution in [0, 0.1) is 5.92 Å². The molecule has 1 aromatic rings. The van der Waals surface area contributed by atoms with E-state index in [1.165, 1.54) is 18.4 Å². The smallest absolute Gasteiger partial charge is 0.0587 e. The Morgan fingerprint density at radius 2 is 2.00 bits per heavy atom. The third-order valence-electron chi connectivity index (χ3n) is 3.39. The highest BCUT2D eigenvalue weighted by atomic mass is 16.3. The summed E-state index contributed by atoms with van der Waals surface area (Å²) in [7, 11) is 0. The van der Waals surface area contributed by atoms with Crippen LogP contribution in [0.5, 0.6) is 0 Å². The maximum absolute atomic E-state index is 9.36. The molecule has 1 unspecified atom stereocenters. The Labute approximate surface area is 97.7 Å². The van der Waals surface area contributed by atoms with Crippen LogP contribution in [0.4, 0.5) is 0 Å². The molecule has 0 aromatic heterocycles. The standard InChI is InChI=1S/C14H21NO/c1-11-7-13(8-11)15-14(10-16)9-12-5-3-2-4-6-12/h2-6,11,13-16H,7-10H2,1H3. The first kappa shape index (κ1) is 11.6. The third-order valence-corrected chi connectivity index (χ3v) is 3.39. The number of hydrogen-bond acceptors (Lipinski definition) is 2. The van der Waals surface area contributed by atoms with E-state index in [1.54, 1.807) is 0 Å². The molecule has 1 aliphatic rings. The SMILES string of the molecule is CC1CC(NC(CO)Cc2ccccc2)C1. The first-order valence-corrected chi connectivity index (χ1v) is 6.18. The van der Waals surface area contributed by atoms with E-state index in [2.05, 4.69) is 36.5 Å². The molecule has 0 bridgehead atoms. The molecule has 0 aliphatic heterocycles. The monoisotopic (exact) mass is 219 g/mol. The van der Waals surface area contributed by atoms with E-state index in [4.69, 9.17) is 0 Å². The van der Waals surface area contributed by atoms with Crippen molar-refractivity contribution in [1.82, 2.24) is 5.32 Å². The number of hydrogen-bond donors (Lipinski definition) is 2. The summed E-state index contributed by atoms with van der Waals surface area (Å²) in [5.74, 6) is 0.855. The van der Waals surface area contributed by atoms with Crippen molar-refractivity contribution in [2.45, 2.75) is 38.3 Å². The van der Waals surface area contributed by atoms with Crippen molar-refractivity contribution >= 4 is 0 Å². The molecule has 2 heteroatoms. The number of aliphatic hydroxyl groups is 1. The lowest BCUT2D eigenvalue weighted by atomic mass is 9.81. The topological polar surface area (TPSA) is 32.3 Å². The van der Waals surface area contributed by atoms with E-state index in [0.717, 1.165) is 12.3 Å². The van der Waals surface area contributed by atoms with Crippen molar-refractivity contribution in [3.63, 3.8) is 0 Å². The molecule has 0 spiro atoms. The molecule has 2 N–H and O–H groups in total. The highest BCUT2D eigenvalue weighted by Gasteiger charge is 2.26. The highest BCUT2D eigenvalue weighted by molar-refractivity contribution is 5.16. The Morgan fingerprint density at radius 3 is 2.56 bits per heavy atom. The van der Waals surface area contributed by atoms with Gasteiger partial charge in [-0.1, -0.05) is 37.3 Å². The van der Waals surface area contributed by atoms with Crippen molar-refractivity contribution < 1.29 is 5.11 Å². The molecule has 0 heterocycles. The Kier molecular flexibility index (Phi) is 3.97. The first-order valence-electron chi connectivity index (χ1n) is 6.18. The van der Waals surface area contributed by atoms with Gasteiger partial charge in [-0.3, -0.25) is 0 Å². The fourth-order valence-corrected chi connectivity index (χ4v) is 2.45. The zero-order valence-electron chi connectivity index (χ0n) is 9.89. The molecule has 2 rings (SSSR count). The summed E-state index contributed by atoms with van der Waals surface area (Å²) >= 11 is 0. The summed E-state index contributed by atoms with van der Waals surface area (Å²) in [4.78, 5) is 0. The maximum Gasteiger partial charge on any atom is 0.0587 e. The molecule has 2 nitrogen and oxygen atoms in total. The lowest BCUT2D eigenvalue weighted by molar-refractivity contribution is 0.177. The van der Waals surface area contributed by atoms with Gasteiger partial charge in [-0.05, 0) is 30.7 Å². The van der Waals surface area contributed by atoms with Crippen molar-refractivity contribution in [2.75, 3.05) is 6.61 Å². The number of nitrogens with one attached hydrogen (secondary N) is 1. The van der Waals surface area contributed by atoms with Crippen LogP contribution in [0.15, 0.2) is 30.3 Å². The summed E-state index contributed by atoms with van der Waals surface area (Å²) < 4.78 is 0. The summed E-state index contributed by atoms with van der Waals surface area (Å²) in [6.45, 7) is 2.50. The molecule has 0 amide bonds. The fourth-order valence-electron chi connectivity index (χ4n) is 2.45. The van der Waals surface area contributed by atoms with E-state index in [1.807, 2.05) is 6.07 Å². The van der Waals surface area contributed by atoms with E-state index in [-0.39, 0.29) is 12.6 Å². The second-order valence-corrected chi connectivity index (χ2v) is 5.01. The molecule has 16 heavy (non-hydrogen) atoms. The van der Waals surface area contributed by atoms with E-state index < -0.39 is 0 Å². The number of aliphatic hydroxyl groups excluding tert-OH is 1. The van der Waals surface area contributed by atoms with Crippen LogP contribution >= 0.6 is 0 Å². The van der Waals surface area contributed by atoms with Crippen LogP contribution in [0.3, 0.4) is 0 Å². The van der Waals surface area contributed by atoms with Crippen LogP contribution in [0.2, 0.25) is 0 Å². The minimum Gasteiger partial charge on any atom is -0.395 e. The number of benzene rings is 1. The summed E-state index contributed by atoms with van der Waals surface area (Å²) in [5.41, 5.74) is 1.29. The van der Waals surface area contributed by atoms with Gasteiger partial charge in [0.25, 0.3) is 0 Å². The average Bonchev–Trinajstić information content (AvgIpc) is 2.27. The molecule has 0 saturated heterocycles. The minimum atomic E-state index is 0.208. The molecule has 1 atom stereocenters. The average molecular weight is 219 g/mol. The summed E-state index contributed by atoms with van der Waals surface area (Å²) in [6, 6.07) is 11.2. The van der Waals surface area contributed by atoms with Crippen LogP contribution in [-0.4, -0.2) is 23.8 Å². The second-order valence-electron chi connectivity index (χ2n) is 5.01. The third kappa shape index (κ3) is 3.06. The van der Waals surface area contributed by atoms with E-state index >= 15 is 0 Å². The van der Waals surface area contributed by atoms with Crippen molar-refractivity contribution in [3.8, 4) is 0 Å². The van der Waals surface area contributed by atoms with Crippen LogP contribution in [0.1, 0.15) is 25.3 Å². The van der Waals surface area contributed by atoms with Crippen molar-refractivity contribution in [2.24, 2.45) is 5.92 Å². The number of rotatable bonds is 5. The van der Waals surface area contributed by atoms with Gasteiger partial charge in [-0.25, -0.2) is 0 Å². The zero-order chi connectivity index (χ0) is 11.4. The zero-order valence-corrected chi connectivity index (χ0v) is 9.89. The van der Waals surface area contributed by atoms with Crippen molar-refractivity contribution in [3.05, 3.63) is 35.9 Å². The van der Waals surface area contributed by atoms with Gasteiger partial charge in [0.2, 0.25) is 0 Å². The van der Waals surface area contributed by atoms with Gasteiger partial charge in [-0.2, -0.15) is 0 Å².